The molecule has 0 saturated heterocycles. The molecule has 1 aromatic carbocycles. The van der Waals surface area contributed by atoms with E-state index in [0.717, 1.165) is 6.07 Å². The molecule has 25 heavy (non-hydrogen) atoms. The van der Waals surface area contributed by atoms with Crippen LogP contribution in [-0.4, -0.2) is 37.7 Å². The van der Waals surface area contributed by atoms with Gasteiger partial charge in [0.25, 0.3) is 0 Å². The Hall–Kier alpha value is -3.28. The van der Waals surface area contributed by atoms with E-state index >= 15 is 0 Å². The van der Waals surface area contributed by atoms with Crippen LogP contribution in [0.5, 0.6) is 0 Å². The van der Waals surface area contributed by atoms with Gasteiger partial charge >= 0.3 is 6.03 Å². The molecular weight excluding hydrogens is 327 g/mol. The zero-order valence-electron chi connectivity index (χ0n) is 13.7. The number of hydrogen-bond donors (Lipinski definition) is 1. The summed E-state index contributed by atoms with van der Waals surface area (Å²) in [5.74, 6) is -0.860. The smallest absolute Gasteiger partial charge is 0.314 e. The standard InChI is InChI=1S/C16H15FN6O2/c1-9-7-23-14(15(10(2)24)20-21-23)8-22(9)16(25)19-12-3-4-13(17)11(5-12)6-18/h3-5,9H,7-8H2,1-2H3,(H,19,25)/t9-/m0/s1. The van der Waals surface area contributed by atoms with Crippen LogP contribution in [0, 0.1) is 17.1 Å². The molecule has 2 amide bonds. The topological polar surface area (TPSA) is 104 Å². The van der Waals surface area contributed by atoms with Crippen LogP contribution in [0.25, 0.3) is 0 Å². The molecule has 1 aliphatic rings. The van der Waals surface area contributed by atoms with Gasteiger partial charge in [-0.05, 0) is 25.1 Å². The Morgan fingerprint density at radius 2 is 2.20 bits per heavy atom. The van der Waals surface area contributed by atoms with Crippen molar-refractivity contribution in [2.45, 2.75) is 33.0 Å². The molecule has 1 atom stereocenters. The molecular formula is C16H15FN6O2. The van der Waals surface area contributed by atoms with E-state index in [1.807, 2.05) is 6.92 Å². The number of halogens is 1. The van der Waals surface area contributed by atoms with Crippen molar-refractivity contribution in [3.05, 3.63) is 41.0 Å². The van der Waals surface area contributed by atoms with Crippen molar-refractivity contribution in [2.75, 3.05) is 5.32 Å². The molecule has 1 N–H and O–H groups in total. The summed E-state index contributed by atoms with van der Waals surface area (Å²) in [6.45, 7) is 3.84. The van der Waals surface area contributed by atoms with Crippen LogP contribution in [0.4, 0.5) is 14.9 Å². The summed E-state index contributed by atoms with van der Waals surface area (Å²) >= 11 is 0. The maximum absolute atomic E-state index is 13.4. The number of nitrogens with zero attached hydrogens (tertiary/aromatic N) is 5. The maximum atomic E-state index is 13.4. The summed E-state index contributed by atoms with van der Waals surface area (Å²) in [5.41, 5.74) is 1.00. The van der Waals surface area contributed by atoms with Gasteiger partial charge in [-0.25, -0.2) is 13.9 Å². The third kappa shape index (κ3) is 3.06. The first-order chi connectivity index (χ1) is 11.9. The number of fused-ring (bicyclic) bond motifs is 1. The van der Waals surface area contributed by atoms with E-state index in [-0.39, 0.29) is 29.6 Å². The van der Waals surface area contributed by atoms with Crippen LogP contribution in [-0.2, 0) is 13.1 Å². The van der Waals surface area contributed by atoms with Gasteiger partial charge in [0.1, 0.15) is 11.9 Å². The number of aromatic nitrogens is 3. The molecule has 0 saturated carbocycles. The van der Waals surface area contributed by atoms with Crippen LogP contribution in [0.3, 0.4) is 0 Å². The normalized spacial score (nSPS) is 16.1. The summed E-state index contributed by atoms with van der Waals surface area (Å²) in [7, 11) is 0. The van der Waals surface area contributed by atoms with E-state index in [9.17, 15) is 14.0 Å². The van der Waals surface area contributed by atoms with Gasteiger partial charge in [0.2, 0.25) is 0 Å². The Bertz CT molecular complexity index is 901. The number of rotatable bonds is 2. The lowest BCUT2D eigenvalue weighted by molar-refractivity contribution is 0.100. The van der Waals surface area contributed by atoms with Crippen LogP contribution in [0.1, 0.15) is 35.6 Å². The molecule has 9 heteroatoms. The highest BCUT2D eigenvalue weighted by Crippen LogP contribution is 2.21. The highest BCUT2D eigenvalue weighted by molar-refractivity contribution is 5.93. The quantitative estimate of drug-likeness (QED) is 0.840. The van der Waals surface area contributed by atoms with Crippen molar-refractivity contribution in [1.29, 1.82) is 5.26 Å². The fraction of sp³-hybridized carbons (Fsp3) is 0.312. The summed E-state index contributed by atoms with van der Waals surface area (Å²) in [4.78, 5) is 25.7. The van der Waals surface area contributed by atoms with Gasteiger partial charge in [-0.2, -0.15) is 5.26 Å². The third-order valence-corrected chi connectivity index (χ3v) is 4.06. The number of carbonyl (C=O) groups excluding carboxylic acids is 2. The van der Waals surface area contributed by atoms with Crippen LogP contribution in [0.2, 0.25) is 0 Å². The minimum atomic E-state index is -0.645. The minimum absolute atomic E-state index is 0.148. The zero-order chi connectivity index (χ0) is 18.1. The number of anilines is 1. The van der Waals surface area contributed by atoms with E-state index in [2.05, 4.69) is 15.6 Å². The summed E-state index contributed by atoms with van der Waals surface area (Å²) in [6.07, 6.45) is 0. The number of hydrogen-bond acceptors (Lipinski definition) is 5. The Labute approximate surface area is 142 Å². The number of urea groups is 1. The number of benzene rings is 1. The van der Waals surface area contributed by atoms with Gasteiger partial charge in [-0.1, -0.05) is 5.21 Å². The first-order valence-electron chi connectivity index (χ1n) is 7.61. The summed E-state index contributed by atoms with van der Waals surface area (Å²) < 4.78 is 15.0. The lowest BCUT2D eigenvalue weighted by atomic mass is 10.1. The van der Waals surface area contributed by atoms with Crippen molar-refractivity contribution in [1.82, 2.24) is 19.9 Å². The molecule has 128 valence electrons. The van der Waals surface area contributed by atoms with E-state index in [0.29, 0.717) is 17.9 Å². The predicted molar refractivity (Wildman–Crippen MR) is 85.2 cm³/mol. The Balaban J connectivity index is 1.82. The van der Waals surface area contributed by atoms with E-state index in [4.69, 9.17) is 5.26 Å². The first-order valence-corrected chi connectivity index (χ1v) is 7.61. The predicted octanol–water partition coefficient (Wildman–Crippen LogP) is 1.93. The van der Waals surface area contributed by atoms with Crippen molar-refractivity contribution in [3.63, 3.8) is 0 Å². The molecule has 0 radical (unpaired) electrons. The number of ketones is 1. The van der Waals surface area contributed by atoms with Gasteiger partial charge in [0.05, 0.1) is 30.4 Å². The fourth-order valence-electron chi connectivity index (χ4n) is 2.73. The number of nitriles is 1. The molecule has 0 unspecified atom stereocenters. The lowest BCUT2D eigenvalue weighted by Crippen LogP contribution is -2.47. The molecule has 2 aromatic rings. The second kappa shape index (κ2) is 6.32. The Morgan fingerprint density at radius 1 is 1.44 bits per heavy atom. The molecule has 0 spiro atoms. The minimum Gasteiger partial charge on any atom is -0.314 e. The van der Waals surface area contributed by atoms with Crippen LogP contribution >= 0.6 is 0 Å². The molecule has 1 aromatic heterocycles. The molecule has 1 aliphatic heterocycles. The number of nitrogens with one attached hydrogen (secondary N) is 1. The third-order valence-electron chi connectivity index (χ3n) is 4.06. The lowest BCUT2D eigenvalue weighted by Gasteiger charge is -2.33. The second-order valence-corrected chi connectivity index (χ2v) is 5.84. The number of amides is 2. The van der Waals surface area contributed by atoms with E-state index in [1.54, 1.807) is 15.7 Å². The summed E-state index contributed by atoms with van der Waals surface area (Å²) in [6, 6.07) is 4.92. The Kier molecular flexibility index (Phi) is 4.19. The van der Waals surface area contributed by atoms with E-state index in [1.165, 1.54) is 19.1 Å². The monoisotopic (exact) mass is 342 g/mol. The number of carbonyl (C=O) groups is 2. The van der Waals surface area contributed by atoms with Crippen molar-refractivity contribution in [2.24, 2.45) is 0 Å². The largest absolute Gasteiger partial charge is 0.322 e. The maximum Gasteiger partial charge on any atom is 0.322 e. The van der Waals surface area contributed by atoms with Crippen molar-refractivity contribution in [3.8, 4) is 6.07 Å². The Morgan fingerprint density at radius 3 is 2.88 bits per heavy atom. The molecule has 8 nitrogen and oxygen atoms in total. The molecule has 3 rings (SSSR count). The highest BCUT2D eigenvalue weighted by atomic mass is 19.1. The molecule has 2 heterocycles. The molecule has 0 bridgehead atoms. The van der Waals surface area contributed by atoms with Gasteiger partial charge in [0, 0.05) is 12.6 Å². The van der Waals surface area contributed by atoms with Crippen molar-refractivity contribution < 1.29 is 14.0 Å². The molecule has 0 aliphatic carbocycles. The summed E-state index contributed by atoms with van der Waals surface area (Å²) in [5, 5.41) is 19.3. The van der Waals surface area contributed by atoms with Crippen molar-refractivity contribution >= 4 is 17.5 Å². The first kappa shape index (κ1) is 16.6. The van der Waals surface area contributed by atoms with Gasteiger partial charge < -0.3 is 10.2 Å². The van der Waals surface area contributed by atoms with E-state index < -0.39 is 11.8 Å². The van der Waals surface area contributed by atoms with Crippen LogP contribution < -0.4 is 5.32 Å². The average molecular weight is 342 g/mol. The SMILES string of the molecule is CC(=O)c1nnn2c1CN(C(=O)Nc1ccc(F)c(C#N)c1)[C@@H](C)C2. The zero-order valence-corrected chi connectivity index (χ0v) is 13.7. The highest BCUT2D eigenvalue weighted by Gasteiger charge is 2.31. The average Bonchev–Trinajstić information content (AvgIpc) is 2.98. The second-order valence-electron chi connectivity index (χ2n) is 5.84. The fourth-order valence-corrected chi connectivity index (χ4v) is 2.73. The van der Waals surface area contributed by atoms with Gasteiger partial charge in [0.15, 0.2) is 11.5 Å². The number of Topliss-reactive ketones (excluding diaryl/α,β-unsaturated/α-hetero) is 1. The van der Waals surface area contributed by atoms with Crippen LogP contribution in [0.15, 0.2) is 18.2 Å². The molecule has 0 fully saturated rings. The van der Waals surface area contributed by atoms with Gasteiger partial charge in [-0.3, -0.25) is 4.79 Å². The van der Waals surface area contributed by atoms with Gasteiger partial charge in [-0.15, -0.1) is 5.10 Å².